The Balaban J connectivity index is 1.95. The molecule has 1 aliphatic carbocycles. The Hall–Kier alpha value is -1.39. The van der Waals surface area contributed by atoms with E-state index in [1.807, 2.05) is 24.4 Å². The Kier molecular flexibility index (Phi) is 2.19. The first-order chi connectivity index (χ1) is 7.75. The summed E-state index contributed by atoms with van der Waals surface area (Å²) in [4.78, 5) is 5.57. The van der Waals surface area contributed by atoms with Gasteiger partial charge >= 0.3 is 0 Å². The third kappa shape index (κ3) is 1.60. The number of thiazole rings is 1. The molecule has 0 saturated heterocycles. The first kappa shape index (κ1) is 9.81. The van der Waals surface area contributed by atoms with Gasteiger partial charge in [-0.2, -0.15) is 0 Å². The molecule has 1 heterocycles. The van der Waals surface area contributed by atoms with Gasteiger partial charge in [0.05, 0.1) is 5.56 Å². The maximum Gasteiger partial charge on any atom is 0.127 e. The summed E-state index contributed by atoms with van der Waals surface area (Å²) in [7, 11) is 0. The fraction of sp³-hybridized carbons (Fsp3) is 0.250. The second-order valence-electron chi connectivity index (χ2n) is 4.09. The van der Waals surface area contributed by atoms with E-state index in [4.69, 9.17) is 5.73 Å². The quantitative estimate of drug-likeness (QED) is 0.835. The van der Waals surface area contributed by atoms with Gasteiger partial charge in [-0.3, -0.25) is 0 Å². The van der Waals surface area contributed by atoms with Crippen molar-refractivity contribution in [2.75, 3.05) is 0 Å². The van der Waals surface area contributed by atoms with Crippen LogP contribution >= 0.6 is 11.3 Å². The van der Waals surface area contributed by atoms with Crippen LogP contribution in [0.4, 0.5) is 0 Å². The summed E-state index contributed by atoms with van der Waals surface area (Å²) in [5, 5.41) is 10.6. The lowest BCUT2D eigenvalue weighted by Crippen LogP contribution is -1.99. The van der Waals surface area contributed by atoms with Crippen LogP contribution in [0, 0.1) is 0 Å². The number of rotatable bonds is 2. The van der Waals surface area contributed by atoms with Crippen LogP contribution in [-0.2, 0) is 0 Å². The van der Waals surface area contributed by atoms with E-state index in [1.54, 1.807) is 17.4 Å². The molecule has 1 aromatic heterocycles. The monoisotopic (exact) mass is 232 g/mol. The zero-order valence-corrected chi connectivity index (χ0v) is 9.45. The molecule has 0 unspecified atom stereocenters. The fourth-order valence-corrected chi connectivity index (χ4v) is 2.92. The van der Waals surface area contributed by atoms with Crippen LogP contribution in [0.2, 0.25) is 0 Å². The molecule has 1 aliphatic rings. The molecule has 3 rings (SSSR count). The van der Waals surface area contributed by atoms with Gasteiger partial charge in [0.15, 0.2) is 0 Å². The Morgan fingerprint density at radius 2 is 2.12 bits per heavy atom. The van der Waals surface area contributed by atoms with Crippen LogP contribution in [0.1, 0.15) is 17.2 Å². The molecular formula is C12H12N2OS. The first-order valence-electron chi connectivity index (χ1n) is 5.25. The predicted octanol–water partition coefficient (Wildman–Crippen LogP) is 2.33. The molecule has 4 heteroatoms. The number of aromatic hydroxyl groups is 1. The van der Waals surface area contributed by atoms with Crippen LogP contribution < -0.4 is 5.73 Å². The van der Waals surface area contributed by atoms with Crippen LogP contribution in [-0.4, -0.2) is 16.1 Å². The third-order valence-electron chi connectivity index (χ3n) is 2.86. The number of hydrogen-bond donors (Lipinski definition) is 2. The highest BCUT2D eigenvalue weighted by Crippen LogP contribution is 2.44. The summed E-state index contributed by atoms with van der Waals surface area (Å²) in [6.45, 7) is 0. The van der Waals surface area contributed by atoms with Crippen molar-refractivity contribution in [2.45, 2.75) is 18.4 Å². The van der Waals surface area contributed by atoms with E-state index in [1.165, 1.54) is 4.88 Å². The van der Waals surface area contributed by atoms with Crippen molar-refractivity contribution in [3.05, 3.63) is 35.3 Å². The summed E-state index contributed by atoms with van der Waals surface area (Å²) in [6, 6.07) is 7.57. The van der Waals surface area contributed by atoms with E-state index < -0.39 is 0 Å². The Labute approximate surface area is 97.6 Å². The van der Waals surface area contributed by atoms with Crippen molar-refractivity contribution in [1.82, 2.24) is 4.98 Å². The number of aromatic nitrogens is 1. The van der Waals surface area contributed by atoms with Gasteiger partial charge in [-0.1, -0.05) is 12.1 Å². The molecule has 1 aromatic carbocycles. The average molecular weight is 232 g/mol. The summed E-state index contributed by atoms with van der Waals surface area (Å²) in [5.74, 6) is 0.764. The van der Waals surface area contributed by atoms with Crippen LogP contribution in [0.25, 0.3) is 10.6 Å². The average Bonchev–Trinajstić information content (AvgIpc) is 2.82. The largest absolute Gasteiger partial charge is 0.507 e. The molecule has 3 nitrogen and oxygen atoms in total. The molecule has 0 spiro atoms. The number of para-hydroxylation sites is 1. The number of nitrogens with two attached hydrogens (primary N) is 1. The molecular weight excluding hydrogens is 220 g/mol. The minimum atomic E-state index is 0.281. The summed E-state index contributed by atoms with van der Waals surface area (Å²) >= 11 is 1.62. The minimum Gasteiger partial charge on any atom is -0.507 e. The molecule has 0 radical (unpaired) electrons. The van der Waals surface area contributed by atoms with E-state index in [0.717, 1.165) is 17.0 Å². The summed E-state index contributed by atoms with van der Waals surface area (Å²) in [5.41, 5.74) is 6.60. The lowest BCUT2D eigenvalue weighted by molar-refractivity contribution is 0.477. The number of nitrogens with zero attached hydrogens (tertiary/aromatic N) is 1. The van der Waals surface area contributed by atoms with Gasteiger partial charge in [0, 0.05) is 23.0 Å². The second kappa shape index (κ2) is 3.57. The van der Waals surface area contributed by atoms with E-state index in [0.29, 0.717) is 12.0 Å². The van der Waals surface area contributed by atoms with Gasteiger partial charge in [-0.15, -0.1) is 11.3 Å². The standard InChI is InChI=1S/C12H12N2OS/c13-9-5-8(9)11-6-14-12(16-11)7-3-1-2-4-10(7)15/h1-4,6,8-9,15H,5,13H2/t8-,9+/m0/s1. The normalized spacial score (nSPS) is 23.3. The van der Waals surface area contributed by atoms with Crippen molar-refractivity contribution in [2.24, 2.45) is 5.73 Å². The maximum absolute atomic E-state index is 9.72. The SMILES string of the molecule is N[C@@H]1C[C@@H]1c1cnc(-c2ccccc2O)s1. The summed E-state index contributed by atoms with van der Waals surface area (Å²) < 4.78 is 0. The van der Waals surface area contributed by atoms with Crippen LogP contribution in [0.15, 0.2) is 30.5 Å². The second-order valence-corrected chi connectivity index (χ2v) is 5.15. The predicted molar refractivity (Wildman–Crippen MR) is 64.5 cm³/mol. The van der Waals surface area contributed by atoms with E-state index >= 15 is 0 Å². The van der Waals surface area contributed by atoms with Gasteiger partial charge < -0.3 is 10.8 Å². The Morgan fingerprint density at radius 1 is 1.38 bits per heavy atom. The fourth-order valence-electron chi connectivity index (χ4n) is 1.78. The van der Waals surface area contributed by atoms with Crippen molar-refractivity contribution >= 4 is 11.3 Å². The molecule has 0 aliphatic heterocycles. The van der Waals surface area contributed by atoms with Gasteiger partial charge in [0.1, 0.15) is 10.8 Å². The number of phenols is 1. The highest BCUT2D eigenvalue weighted by molar-refractivity contribution is 7.15. The molecule has 3 N–H and O–H groups in total. The minimum absolute atomic E-state index is 0.281. The number of phenolic OH excluding ortho intramolecular Hbond substituents is 1. The molecule has 2 atom stereocenters. The van der Waals surface area contributed by atoms with Gasteiger partial charge in [0.25, 0.3) is 0 Å². The molecule has 16 heavy (non-hydrogen) atoms. The van der Waals surface area contributed by atoms with Crippen LogP contribution in [0.5, 0.6) is 5.75 Å². The molecule has 1 fully saturated rings. The van der Waals surface area contributed by atoms with Crippen molar-refractivity contribution in [3.63, 3.8) is 0 Å². The maximum atomic E-state index is 9.72. The lowest BCUT2D eigenvalue weighted by atomic mass is 10.2. The van der Waals surface area contributed by atoms with Gasteiger partial charge in [-0.25, -0.2) is 4.98 Å². The highest BCUT2D eigenvalue weighted by Gasteiger charge is 2.36. The zero-order valence-electron chi connectivity index (χ0n) is 8.63. The third-order valence-corrected chi connectivity index (χ3v) is 4.03. The smallest absolute Gasteiger partial charge is 0.127 e. The summed E-state index contributed by atoms with van der Waals surface area (Å²) in [6.07, 6.45) is 2.94. The van der Waals surface area contributed by atoms with E-state index in [2.05, 4.69) is 4.98 Å². The number of benzene rings is 1. The van der Waals surface area contributed by atoms with Crippen molar-refractivity contribution < 1.29 is 5.11 Å². The topological polar surface area (TPSA) is 59.1 Å². The Morgan fingerprint density at radius 3 is 2.81 bits per heavy atom. The van der Waals surface area contributed by atoms with Gasteiger partial charge in [-0.05, 0) is 18.6 Å². The van der Waals surface area contributed by atoms with Gasteiger partial charge in [0.2, 0.25) is 0 Å². The zero-order chi connectivity index (χ0) is 11.1. The molecule has 1 saturated carbocycles. The molecule has 2 aromatic rings. The van der Waals surface area contributed by atoms with Crippen LogP contribution in [0.3, 0.4) is 0 Å². The Bertz CT molecular complexity index is 523. The lowest BCUT2D eigenvalue weighted by Gasteiger charge is -1.98. The van der Waals surface area contributed by atoms with Crippen molar-refractivity contribution in [1.29, 1.82) is 0 Å². The van der Waals surface area contributed by atoms with E-state index in [-0.39, 0.29) is 5.75 Å². The van der Waals surface area contributed by atoms with E-state index in [9.17, 15) is 5.11 Å². The molecule has 0 amide bonds. The number of hydrogen-bond acceptors (Lipinski definition) is 4. The highest BCUT2D eigenvalue weighted by atomic mass is 32.1. The molecule has 82 valence electrons. The van der Waals surface area contributed by atoms with Crippen molar-refractivity contribution in [3.8, 4) is 16.3 Å². The molecule has 0 bridgehead atoms. The first-order valence-corrected chi connectivity index (χ1v) is 6.07.